The Bertz CT molecular complexity index is 408. The van der Waals surface area contributed by atoms with E-state index in [1.807, 2.05) is 6.92 Å². The maximum atomic E-state index is 11.5. The van der Waals surface area contributed by atoms with E-state index in [0.717, 1.165) is 5.56 Å². The molecule has 0 saturated carbocycles. The molecular formula is C9H11NO3S. The van der Waals surface area contributed by atoms with E-state index in [1.54, 1.807) is 12.1 Å². The molecule has 0 atom stereocenters. The molecule has 0 radical (unpaired) electrons. The van der Waals surface area contributed by atoms with Crippen LogP contribution in [-0.4, -0.2) is 20.7 Å². The molecule has 4 nitrogen and oxygen atoms in total. The van der Waals surface area contributed by atoms with Crippen molar-refractivity contribution < 1.29 is 13.2 Å². The predicted molar refractivity (Wildman–Crippen MR) is 52.4 cm³/mol. The lowest BCUT2D eigenvalue weighted by atomic mass is 10.2. The quantitative estimate of drug-likeness (QED) is 0.739. The fourth-order valence-corrected chi connectivity index (χ4v) is 1.98. The first-order valence-electron chi connectivity index (χ1n) is 4.03. The highest BCUT2D eigenvalue weighted by Gasteiger charge is 2.12. The van der Waals surface area contributed by atoms with Crippen molar-refractivity contribution in [1.82, 2.24) is 5.32 Å². The van der Waals surface area contributed by atoms with Gasteiger partial charge in [0.15, 0.2) is 9.84 Å². The van der Waals surface area contributed by atoms with Gasteiger partial charge in [-0.15, -0.1) is 0 Å². The first-order chi connectivity index (χ1) is 6.56. The summed E-state index contributed by atoms with van der Waals surface area (Å²) >= 11 is 0. The zero-order valence-electron chi connectivity index (χ0n) is 7.73. The van der Waals surface area contributed by atoms with Gasteiger partial charge in [0, 0.05) is 0 Å². The summed E-state index contributed by atoms with van der Waals surface area (Å²) in [6.07, 6.45) is 0.367. The van der Waals surface area contributed by atoms with Gasteiger partial charge in [-0.25, -0.2) is 8.42 Å². The number of benzene rings is 1. The Morgan fingerprint density at radius 2 is 1.86 bits per heavy atom. The second kappa shape index (κ2) is 4.23. The predicted octanol–water partition coefficient (Wildman–Crippen LogP) is 0.472. The van der Waals surface area contributed by atoms with Crippen molar-refractivity contribution in [2.75, 3.05) is 5.88 Å². The third-order valence-electron chi connectivity index (χ3n) is 1.74. The van der Waals surface area contributed by atoms with E-state index in [4.69, 9.17) is 0 Å². The molecule has 0 aromatic heterocycles. The number of rotatable bonds is 4. The highest BCUT2D eigenvalue weighted by Crippen LogP contribution is 2.10. The van der Waals surface area contributed by atoms with Crippen molar-refractivity contribution in [1.29, 1.82) is 0 Å². The average Bonchev–Trinajstić information content (AvgIpc) is 2.16. The van der Waals surface area contributed by atoms with Crippen LogP contribution in [0.4, 0.5) is 0 Å². The number of hydrogen-bond acceptors (Lipinski definition) is 3. The lowest BCUT2D eigenvalue weighted by molar-refractivity contribution is -0.109. The summed E-state index contributed by atoms with van der Waals surface area (Å²) in [7, 11) is -3.38. The van der Waals surface area contributed by atoms with E-state index in [9.17, 15) is 13.2 Å². The van der Waals surface area contributed by atoms with Crippen molar-refractivity contribution >= 4 is 16.2 Å². The van der Waals surface area contributed by atoms with Crippen LogP contribution in [0.25, 0.3) is 0 Å². The SMILES string of the molecule is Cc1ccc(S(=O)(=O)CNC=O)cc1. The largest absolute Gasteiger partial charge is 0.344 e. The standard InChI is InChI=1S/C9H11NO3S/c1-8-2-4-9(5-3-8)14(12,13)7-10-6-11/h2-6H,7H2,1H3,(H,10,11). The van der Waals surface area contributed by atoms with Gasteiger partial charge >= 0.3 is 0 Å². The molecule has 5 heteroatoms. The first kappa shape index (κ1) is 10.7. The normalized spacial score (nSPS) is 10.9. The van der Waals surface area contributed by atoms with Gasteiger partial charge in [-0.3, -0.25) is 4.79 Å². The van der Waals surface area contributed by atoms with E-state index in [-0.39, 0.29) is 10.8 Å². The molecule has 1 aromatic rings. The molecule has 1 amide bonds. The smallest absolute Gasteiger partial charge is 0.207 e. The number of sulfone groups is 1. The Labute approximate surface area is 82.9 Å². The number of amides is 1. The minimum atomic E-state index is -3.38. The zero-order chi connectivity index (χ0) is 10.6. The molecule has 76 valence electrons. The number of aryl methyl sites for hydroxylation is 1. The molecule has 0 aliphatic carbocycles. The maximum Gasteiger partial charge on any atom is 0.207 e. The molecule has 0 heterocycles. The van der Waals surface area contributed by atoms with Crippen molar-refractivity contribution in [3.63, 3.8) is 0 Å². The van der Waals surface area contributed by atoms with Gasteiger partial charge in [-0.1, -0.05) is 17.7 Å². The Morgan fingerprint density at radius 3 is 2.36 bits per heavy atom. The van der Waals surface area contributed by atoms with Crippen LogP contribution in [-0.2, 0) is 14.6 Å². The molecular weight excluding hydrogens is 202 g/mol. The fourth-order valence-electron chi connectivity index (χ4n) is 0.973. The molecule has 1 rings (SSSR count). The summed E-state index contributed by atoms with van der Waals surface area (Å²) in [5.41, 5.74) is 0.993. The second-order valence-corrected chi connectivity index (χ2v) is 4.88. The van der Waals surface area contributed by atoms with Gasteiger partial charge in [0.1, 0.15) is 5.88 Å². The first-order valence-corrected chi connectivity index (χ1v) is 5.68. The third-order valence-corrected chi connectivity index (χ3v) is 3.27. The molecule has 0 spiro atoms. The maximum absolute atomic E-state index is 11.5. The van der Waals surface area contributed by atoms with Gasteiger partial charge in [0.25, 0.3) is 0 Å². The van der Waals surface area contributed by atoms with Gasteiger partial charge < -0.3 is 5.32 Å². The lowest BCUT2D eigenvalue weighted by Crippen LogP contribution is -2.21. The highest BCUT2D eigenvalue weighted by molar-refractivity contribution is 7.91. The molecule has 14 heavy (non-hydrogen) atoms. The molecule has 0 fully saturated rings. The van der Waals surface area contributed by atoms with Crippen LogP contribution in [0.3, 0.4) is 0 Å². The summed E-state index contributed by atoms with van der Waals surface area (Å²) in [5.74, 6) is -0.362. The lowest BCUT2D eigenvalue weighted by Gasteiger charge is -2.03. The minimum Gasteiger partial charge on any atom is -0.344 e. The Balaban J connectivity index is 2.93. The fraction of sp³-hybridized carbons (Fsp3) is 0.222. The summed E-state index contributed by atoms with van der Waals surface area (Å²) in [5, 5.41) is 2.13. The van der Waals surface area contributed by atoms with Crippen LogP contribution >= 0.6 is 0 Å². The summed E-state index contributed by atoms with van der Waals surface area (Å²) in [6, 6.07) is 6.48. The van der Waals surface area contributed by atoms with E-state index >= 15 is 0 Å². The van der Waals surface area contributed by atoms with Crippen molar-refractivity contribution in [2.24, 2.45) is 0 Å². The third kappa shape index (κ3) is 2.56. The Hall–Kier alpha value is -1.36. The summed E-state index contributed by atoms with van der Waals surface area (Å²) in [6.45, 7) is 1.88. The second-order valence-electron chi connectivity index (χ2n) is 2.89. The van der Waals surface area contributed by atoms with Gasteiger partial charge in [0.2, 0.25) is 6.41 Å². The van der Waals surface area contributed by atoms with Gasteiger partial charge in [-0.05, 0) is 19.1 Å². The summed E-state index contributed by atoms with van der Waals surface area (Å²) in [4.78, 5) is 10.2. The molecule has 0 aliphatic heterocycles. The van der Waals surface area contributed by atoms with Crippen LogP contribution in [0.5, 0.6) is 0 Å². The molecule has 0 bridgehead atoms. The van der Waals surface area contributed by atoms with Crippen LogP contribution in [0.15, 0.2) is 29.2 Å². The molecule has 1 aromatic carbocycles. The molecule has 1 N–H and O–H groups in total. The Morgan fingerprint density at radius 1 is 1.29 bits per heavy atom. The number of carbonyl (C=O) groups excluding carboxylic acids is 1. The van der Waals surface area contributed by atoms with Gasteiger partial charge in [0.05, 0.1) is 4.90 Å². The van der Waals surface area contributed by atoms with Crippen LogP contribution < -0.4 is 5.32 Å². The molecule has 0 aliphatic rings. The van der Waals surface area contributed by atoms with Crippen molar-refractivity contribution in [3.8, 4) is 0 Å². The monoisotopic (exact) mass is 213 g/mol. The average molecular weight is 213 g/mol. The van der Waals surface area contributed by atoms with Crippen molar-refractivity contribution in [2.45, 2.75) is 11.8 Å². The van der Waals surface area contributed by atoms with Crippen LogP contribution in [0, 0.1) is 6.92 Å². The van der Waals surface area contributed by atoms with E-state index in [0.29, 0.717) is 6.41 Å². The topological polar surface area (TPSA) is 63.2 Å². The van der Waals surface area contributed by atoms with Crippen LogP contribution in [0.1, 0.15) is 5.56 Å². The molecule has 0 unspecified atom stereocenters. The van der Waals surface area contributed by atoms with Crippen molar-refractivity contribution in [3.05, 3.63) is 29.8 Å². The Kier molecular flexibility index (Phi) is 3.24. The summed E-state index contributed by atoms with van der Waals surface area (Å²) < 4.78 is 23.0. The van der Waals surface area contributed by atoms with E-state index in [1.165, 1.54) is 12.1 Å². The number of nitrogens with one attached hydrogen (secondary N) is 1. The van der Waals surface area contributed by atoms with Gasteiger partial charge in [-0.2, -0.15) is 0 Å². The minimum absolute atomic E-state index is 0.220. The molecule has 0 saturated heterocycles. The van der Waals surface area contributed by atoms with Crippen LogP contribution in [0.2, 0.25) is 0 Å². The van der Waals surface area contributed by atoms with E-state index < -0.39 is 9.84 Å². The zero-order valence-corrected chi connectivity index (χ0v) is 8.54. The van der Waals surface area contributed by atoms with E-state index in [2.05, 4.69) is 5.32 Å². The number of hydrogen-bond donors (Lipinski definition) is 1. The number of carbonyl (C=O) groups is 1. The highest BCUT2D eigenvalue weighted by atomic mass is 32.2.